The molecule has 1 saturated carbocycles. The monoisotopic (exact) mass is 410 g/mol. The Kier molecular flexibility index (Phi) is 5.62. The summed E-state index contributed by atoms with van der Waals surface area (Å²) in [5.41, 5.74) is 1.72. The molecule has 1 aromatic heterocycles. The summed E-state index contributed by atoms with van der Waals surface area (Å²) >= 11 is 1.08. The summed E-state index contributed by atoms with van der Waals surface area (Å²) in [7, 11) is 0. The predicted octanol–water partition coefficient (Wildman–Crippen LogP) is 3.34. The van der Waals surface area contributed by atoms with E-state index in [0.717, 1.165) is 29.9 Å². The van der Waals surface area contributed by atoms with Crippen molar-refractivity contribution in [2.45, 2.75) is 31.5 Å². The van der Waals surface area contributed by atoms with Crippen LogP contribution in [0.1, 0.15) is 40.5 Å². The minimum Gasteiger partial charge on any atom is -0.350 e. The largest absolute Gasteiger partial charge is 0.350 e. The van der Waals surface area contributed by atoms with Crippen LogP contribution in [-0.2, 0) is 11.3 Å². The van der Waals surface area contributed by atoms with E-state index in [1.54, 1.807) is 22.4 Å². The molecule has 0 unspecified atom stereocenters. The van der Waals surface area contributed by atoms with Crippen molar-refractivity contribution in [1.82, 2.24) is 19.8 Å². The predicted molar refractivity (Wildman–Crippen MR) is 107 cm³/mol. The Labute approximate surface area is 171 Å². The number of benzene rings is 2. The zero-order chi connectivity index (χ0) is 20.2. The molecule has 0 saturated heterocycles. The van der Waals surface area contributed by atoms with Crippen LogP contribution in [0.4, 0.5) is 4.39 Å². The lowest BCUT2D eigenvalue weighted by Crippen LogP contribution is -2.45. The van der Waals surface area contributed by atoms with E-state index < -0.39 is 11.9 Å². The minimum absolute atomic E-state index is 0.0540. The SMILES string of the molecule is O=C(NCc1ccccc1)[C@@H](c1ccc(F)cc1)N(C(=O)c1csnn1)C1CC1. The Hall–Kier alpha value is -3.13. The first kappa shape index (κ1) is 19.2. The number of aromatic nitrogens is 2. The molecular formula is C21H19FN4O2S. The second kappa shape index (κ2) is 8.48. The summed E-state index contributed by atoms with van der Waals surface area (Å²) in [6.45, 7) is 0.336. The molecule has 8 heteroatoms. The molecule has 1 N–H and O–H groups in total. The van der Waals surface area contributed by atoms with Crippen LogP contribution in [-0.4, -0.2) is 32.3 Å². The van der Waals surface area contributed by atoms with E-state index in [2.05, 4.69) is 14.9 Å². The summed E-state index contributed by atoms with van der Waals surface area (Å²) in [5.74, 6) is -1.06. The Morgan fingerprint density at radius 1 is 1.14 bits per heavy atom. The first-order chi connectivity index (χ1) is 14.1. The van der Waals surface area contributed by atoms with Gasteiger partial charge >= 0.3 is 0 Å². The number of rotatable bonds is 7. The molecule has 0 spiro atoms. The van der Waals surface area contributed by atoms with Crippen LogP contribution in [0.3, 0.4) is 0 Å². The summed E-state index contributed by atoms with van der Waals surface area (Å²) in [4.78, 5) is 27.9. The third-order valence-electron chi connectivity index (χ3n) is 4.78. The highest BCUT2D eigenvalue weighted by atomic mass is 32.1. The molecule has 3 aromatic rings. The number of amides is 2. The van der Waals surface area contributed by atoms with Gasteiger partial charge in [-0.1, -0.05) is 47.0 Å². The number of nitrogens with one attached hydrogen (secondary N) is 1. The lowest BCUT2D eigenvalue weighted by molar-refractivity contribution is -0.126. The van der Waals surface area contributed by atoms with E-state index >= 15 is 0 Å². The van der Waals surface area contributed by atoms with Crippen molar-refractivity contribution in [3.63, 3.8) is 0 Å². The molecule has 148 valence electrons. The second-order valence-electron chi connectivity index (χ2n) is 6.89. The number of carbonyl (C=O) groups is 2. The Bertz CT molecular complexity index is 976. The van der Waals surface area contributed by atoms with Crippen LogP contribution < -0.4 is 5.32 Å². The van der Waals surface area contributed by atoms with Gasteiger partial charge in [-0.25, -0.2) is 4.39 Å². The topological polar surface area (TPSA) is 75.2 Å². The highest BCUT2D eigenvalue weighted by Gasteiger charge is 2.42. The van der Waals surface area contributed by atoms with Crippen molar-refractivity contribution in [1.29, 1.82) is 0 Å². The molecule has 1 heterocycles. The van der Waals surface area contributed by atoms with Gasteiger partial charge in [0.05, 0.1) is 0 Å². The molecule has 2 amide bonds. The third-order valence-corrected chi connectivity index (χ3v) is 5.28. The van der Waals surface area contributed by atoms with E-state index in [1.807, 2.05) is 30.3 Å². The van der Waals surface area contributed by atoms with E-state index in [4.69, 9.17) is 0 Å². The molecule has 1 aliphatic carbocycles. The zero-order valence-corrected chi connectivity index (χ0v) is 16.3. The van der Waals surface area contributed by atoms with Gasteiger partial charge in [-0.2, -0.15) is 0 Å². The molecule has 1 fully saturated rings. The number of carbonyl (C=O) groups excluding carboxylic acids is 2. The molecule has 0 radical (unpaired) electrons. The van der Waals surface area contributed by atoms with Gasteiger partial charge in [-0.15, -0.1) is 5.10 Å². The summed E-state index contributed by atoms with van der Waals surface area (Å²) < 4.78 is 17.2. The fraction of sp³-hybridized carbons (Fsp3) is 0.238. The zero-order valence-electron chi connectivity index (χ0n) is 15.5. The maximum absolute atomic E-state index is 13.5. The first-order valence-electron chi connectivity index (χ1n) is 9.30. The summed E-state index contributed by atoms with van der Waals surface area (Å²) in [6, 6.07) is 14.3. The molecule has 1 atom stereocenters. The van der Waals surface area contributed by atoms with Crippen LogP contribution in [0.15, 0.2) is 60.0 Å². The molecule has 0 aliphatic heterocycles. The van der Waals surface area contributed by atoms with Gasteiger partial charge in [0, 0.05) is 18.0 Å². The second-order valence-corrected chi connectivity index (χ2v) is 7.50. The average molecular weight is 410 g/mol. The van der Waals surface area contributed by atoms with Crippen LogP contribution in [0.5, 0.6) is 0 Å². The van der Waals surface area contributed by atoms with E-state index in [1.165, 1.54) is 12.1 Å². The van der Waals surface area contributed by atoms with Gasteiger partial charge in [0.15, 0.2) is 5.69 Å². The van der Waals surface area contributed by atoms with Gasteiger partial charge in [0.2, 0.25) is 5.91 Å². The van der Waals surface area contributed by atoms with E-state index in [9.17, 15) is 14.0 Å². The minimum atomic E-state index is -0.874. The van der Waals surface area contributed by atoms with Crippen LogP contribution in [0, 0.1) is 5.82 Å². The molecule has 4 rings (SSSR count). The smallest absolute Gasteiger partial charge is 0.276 e. The number of hydrogen-bond donors (Lipinski definition) is 1. The van der Waals surface area contributed by atoms with Crippen molar-refractivity contribution in [3.05, 3.63) is 82.6 Å². The van der Waals surface area contributed by atoms with Gasteiger partial charge in [0.1, 0.15) is 11.9 Å². The normalized spacial score (nSPS) is 14.2. The number of nitrogens with zero attached hydrogens (tertiary/aromatic N) is 3. The molecular weight excluding hydrogens is 391 g/mol. The van der Waals surface area contributed by atoms with Gasteiger partial charge < -0.3 is 10.2 Å². The standard InChI is InChI=1S/C21H19FN4O2S/c22-16-8-6-15(7-9-16)19(20(27)23-12-14-4-2-1-3-5-14)26(17-10-11-17)21(28)18-13-29-25-24-18/h1-9,13,17,19H,10-12H2,(H,23,27)/t19-/m1/s1. The lowest BCUT2D eigenvalue weighted by atomic mass is 10.0. The van der Waals surface area contributed by atoms with E-state index in [0.29, 0.717) is 12.1 Å². The van der Waals surface area contributed by atoms with Crippen molar-refractivity contribution < 1.29 is 14.0 Å². The summed E-state index contributed by atoms with van der Waals surface area (Å²) in [5, 5.41) is 8.36. The van der Waals surface area contributed by atoms with Crippen molar-refractivity contribution in [2.75, 3.05) is 0 Å². The van der Waals surface area contributed by atoms with Crippen LogP contribution in [0.2, 0.25) is 0 Å². The Balaban J connectivity index is 1.64. The fourth-order valence-electron chi connectivity index (χ4n) is 3.20. The fourth-order valence-corrected chi connectivity index (χ4v) is 3.63. The maximum Gasteiger partial charge on any atom is 0.276 e. The lowest BCUT2D eigenvalue weighted by Gasteiger charge is -2.31. The molecule has 0 bridgehead atoms. The molecule has 6 nitrogen and oxygen atoms in total. The van der Waals surface area contributed by atoms with Gasteiger partial charge in [-0.3, -0.25) is 9.59 Å². The first-order valence-corrected chi connectivity index (χ1v) is 10.1. The van der Waals surface area contributed by atoms with E-state index in [-0.39, 0.29) is 23.6 Å². The third kappa shape index (κ3) is 4.48. The van der Waals surface area contributed by atoms with Crippen LogP contribution in [0.25, 0.3) is 0 Å². The van der Waals surface area contributed by atoms with Gasteiger partial charge in [0.25, 0.3) is 5.91 Å². The quantitative estimate of drug-likeness (QED) is 0.648. The average Bonchev–Trinajstić information content (AvgIpc) is 3.43. The Morgan fingerprint density at radius 3 is 2.48 bits per heavy atom. The van der Waals surface area contributed by atoms with Crippen molar-refractivity contribution in [3.8, 4) is 0 Å². The summed E-state index contributed by atoms with van der Waals surface area (Å²) in [6.07, 6.45) is 1.62. The highest BCUT2D eigenvalue weighted by Crippen LogP contribution is 2.36. The number of hydrogen-bond acceptors (Lipinski definition) is 5. The van der Waals surface area contributed by atoms with Gasteiger partial charge in [-0.05, 0) is 47.6 Å². The molecule has 1 aliphatic rings. The highest BCUT2D eigenvalue weighted by molar-refractivity contribution is 7.03. The van der Waals surface area contributed by atoms with Crippen molar-refractivity contribution >= 4 is 23.3 Å². The number of halogens is 1. The maximum atomic E-state index is 13.5. The molecule has 29 heavy (non-hydrogen) atoms. The Morgan fingerprint density at radius 2 is 1.86 bits per heavy atom. The molecule has 2 aromatic carbocycles. The van der Waals surface area contributed by atoms with Crippen LogP contribution >= 0.6 is 11.5 Å². The van der Waals surface area contributed by atoms with Crippen molar-refractivity contribution in [2.24, 2.45) is 0 Å².